The molecule has 0 N–H and O–H groups in total. The monoisotopic (exact) mass is 138 g/mol. The smallest absolute Gasteiger partial charge is 0.179 e. The first-order valence-corrected chi connectivity index (χ1v) is 3.02. The molecule has 0 aromatic carbocycles. The van der Waals surface area contributed by atoms with Crippen LogP contribution < -0.4 is 0 Å². The van der Waals surface area contributed by atoms with Gasteiger partial charge in [0, 0.05) is 0 Å². The van der Waals surface area contributed by atoms with Crippen molar-refractivity contribution in [2.75, 3.05) is 5.75 Å². The summed E-state index contributed by atoms with van der Waals surface area (Å²) in [7, 11) is 0. The van der Waals surface area contributed by atoms with Crippen molar-refractivity contribution in [3.63, 3.8) is 0 Å². The van der Waals surface area contributed by atoms with Crippen LogP contribution in [0.4, 0.5) is 8.78 Å². The molecule has 0 aliphatic rings. The number of hydrogen-bond acceptors (Lipinski definition) is 1. The Morgan fingerprint density at radius 1 is 1.50 bits per heavy atom. The lowest BCUT2D eigenvalue weighted by Gasteiger charge is -1.84. The Labute approximate surface area is 53.0 Å². The highest BCUT2D eigenvalue weighted by Gasteiger charge is 1.85. The van der Waals surface area contributed by atoms with Gasteiger partial charge >= 0.3 is 0 Å². The fourth-order valence-electron chi connectivity index (χ4n) is 0.302. The Hall–Kier alpha value is -0.0500. The summed E-state index contributed by atoms with van der Waals surface area (Å²) >= 11 is 3.85. The molecule has 0 aliphatic carbocycles. The van der Waals surface area contributed by atoms with E-state index in [1.54, 1.807) is 0 Å². The van der Waals surface area contributed by atoms with Gasteiger partial charge in [0.1, 0.15) is 0 Å². The van der Waals surface area contributed by atoms with Crippen molar-refractivity contribution in [2.24, 2.45) is 0 Å². The topological polar surface area (TPSA) is 0 Å². The van der Waals surface area contributed by atoms with Crippen molar-refractivity contribution in [3.8, 4) is 0 Å². The van der Waals surface area contributed by atoms with Gasteiger partial charge in [0.2, 0.25) is 0 Å². The van der Waals surface area contributed by atoms with Crippen LogP contribution in [0.2, 0.25) is 0 Å². The Morgan fingerprint density at radius 2 is 2.12 bits per heavy atom. The standard InChI is InChI=1S/C5H8F2S/c6-5(7)3-1-2-4-8/h3,8H,1-2,4H2. The molecule has 0 saturated carbocycles. The number of hydrogen-bond donors (Lipinski definition) is 1. The highest BCUT2D eigenvalue weighted by molar-refractivity contribution is 7.80. The van der Waals surface area contributed by atoms with E-state index < -0.39 is 6.08 Å². The van der Waals surface area contributed by atoms with Gasteiger partial charge in [-0.25, -0.2) is 0 Å². The summed E-state index contributed by atoms with van der Waals surface area (Å²) in [4.78, 5) is 0. The van der Waals surface area contributed by atoms with E-state index in [1.807, 2.05) is 0 Å². The third-order valence-corrected chi connectivity index (χ3v) is 0.977. The molecule has 0 spiro atoms. The third kappa shape index (κ3) is 5.95. The maximum atomic E-state index is 11.2. The maximum Gasteiger partial charge on any atom is 0.266 e. The number of halogens is 2. The first-order valence-electron chi connectivity index (χ1n) is 2.39. The summed E-state index contributed by atoms with van der Waals surface area (Å²) < 4.78 is 22.4. The second-order valence-electron chi connectivity index (χ2n) is 1.36. The van der Waals surface area contributed by atoms with Crippen LogP contribution in [0.5, 0.6) is 0 Å². The lowest BCUT2D eigenvalue weighted by atomic mass is 10.3. The Bertz CT molecular complexity index is 76.5. The van der Waals surface area contributed by atoms with Crippen molar-refractivity contribution in [2.45, 2.75) is 12.8 Å². The second-order valence-corrected chi connectivity index (χ2v) is 1.81. The molecule has 0 atom stereocenters. The first kappa shape index (κ1) is 7.95. The zero-order valence-electron chi connectivity index (χ0n) is 4.40. The molecule has 0 radical (unpaired) electrons. The van der Waals surface area contributed by atoms with Crippen molar-refractivity contribution >= 4 is 12.6 Å². The number of rotatable bonds is 3. The number of thiol groups is 1. The van der Waals surface area contributed by atoms with Crippen molar-refractivity contribution in [1.82, 2.24) is 0 Å². The SMILES string of the molecule is FC(F)=CCCCS. The molecule has 3 heteroatoms. The van der Waals surface area contributed by atoms with E-state index >= 15 is 0 Å². The van der Waals surface area contributed by atoms with E-state index in [2.05, 4.69) is 12.6 Å². The van der Waals surface area contributed by atoms with E-state index in [4.69, 9.17) is 0 Å². The van der Waals surface area contributed by atoms with Crippen LogP contribution in [0.1, 0.15) is 12.8 Å². The molecule has 48 valence electrons. The summed E-state index contributed by atoms with van der Waals surface area (Å²) in [6.07, 6.45) is 0.481. The molecule has 0 heterocycles. The van der Waals surface area contributed by atoms with Crippen LogP contribution in [-0.2, 0) is 0 Å². The minimum atomic E-state index is -1.59. The van der Waals surface area contributed by atoms with Gasteiger partial charge < -0.3 is 0 Å². The summed E-state index contributed by atoms with van der Waals surface area (Å²) in [6.45, 7) is 0. The molecule has 0 aliphatic heterocycles. The third-order valence-electron chi connectivity index (χ3n) is 0.661. The number of unbranched alkanes of at least 4 members (excludes halogenated alkanes) is 1. The van der Waals surface area contributed by atoms with Crippen LogP contribution in [-0.4, -0.2) is 5.75 Å². The summed E-state index contributed by atoms with van der Waals surface area (Å²) in [5, 5.41) is 0. The average molecular weight is 138 g/mol. The highest BCUT2D eigenvalue weighted by atomic mass is 32.1. The molecule has 0 fully saturated rings. The summed E-state index contributed by atoms with van der Waals surface area (Å²) in [5.41, 5.74) is 0. The summed E-state index contributed by atoms with van der Waals surface area (Å²) in [5.74, 6) is 0.670. The Kier molecular flexibility index (Phi) is 5.06. The van der Waals surface area contributed by atoms with Crippen LogP contribution in [0, 0.1) is 0 Å². The molecule has 0 saturated heterocycles. The lowest BCUT2D eigenvalue weighted by Crippen LogP contribution is -1.70. The van der Waals surface area contributed by atoms with Gasteiger partial charge in [-0.15, -0.1) is 0 Å². The van der Waals surface area contributed by atoms with Crippen molar-refractivity contribution in [3.05, 3.63) is 12.2 Å². The highest BCUT2D eigenvalue weighted by Crippen LogP contribution is 2.01. The fraction of sp³-hybridized carbons (Fsp3) is 0.600. The summed E-state index contributed by atoms with van der Waals surface area (Å²) in [6, 6.07) is 0. The van der Waals surface area contributed by atoms with E-state index in [0.717, 1.165) is 12.5 Å². The van der Waals surface area contributed by atoms with Crippen LogP contribution >= 0.6 is 12.6 Å². The minimum absolute atomic E-state index is 0.436. The van der Waals surface area contributed by atoms with Crippen molar-refractivity contribution in [1.29, 1.82) is 0 Å². The van der Waals surface area contributed by atoms with E-state index in [0.29, 0.717) is 12.2 Å². The predicted molar refractivity (Wildman–Crippen MR) is 33.4 cm³/mol. The predicted octanol–water partition coefficient (Wildman–Crippen LogP) is 2.48. The van der Waals surface area contributed by atoms with Gasteiger partial charge in [-0.05, 0) is 24.7 Å². The number of allylic oxidation sites excluding steroid dienone is 1. The van der Waals surface area contributed by atoms with Crippen molar-refractivity contribution < 1.29 is 8.78 Å². The Balaban J connectivity index is 3.03. The Morgan fingerprint density at radius 3 is 2.50 bits per heavy atom. The minimum Gasteiger partial charge on any atom is -0.179 e. The van der Waals surface area contributed by atoms with Gasteiger partial charge in [0.25, 0.3) is 6.08 Å². The molecule has 0 aromatic heterocycles. The molecule has 0 bridgehead atoms. The zero-order valence-corrected chi connectivity index (χ0v) is 5.30. The zero-order chi connectivity index (χ0) is 6.41. The van der Waals surface area contributed by atoms with Gasteiger partial charge in [0.05, 0.1) is 0 Å². The average Bonchev–Trinajstić information content (AvgIpc) is 1.66. The molecule has 0 amide bonds. The molecular formula is C5H8F2S. The van der Waals surface area contributed by atoms with Crippen LogP contribution in [0.25, 0.3) is 0 Å². The van der Waals surface area contributed by atoms with Gasteiger partial charge in [-0.3, -0.25) is 0 Å². The van der Waals surface area contributed by atoms with Crippen LogP contribution in [0.3, 0.4) is 0 Å². The van der Waals surface area contributed by atoms with E-state index in [9.17, 15) is 8.78 Å². The molecule has 0 unspecified atom stereocenters. The fourth-order valence-corrected chi connectivity index (χ4v) is 0.485. The van der Waals surface area contributed by atoms with Gasteiger partial charge in [-0.1, -0.05) is 0 Å². The largest absolute Gasteiger partial charge is 0.266 e. The molecular weight excluding hydrogens is 130 g/mol. The maximum absolute atomic E-state index is 11.2. The lowest BCUT2D eigenvalue weighted by molar-refractivity contribution is 0.417. The molecule has 8 heavy (non-hydrogen) atoms. The molecule has 0 rings (SSSR count). The van der Waals surface area contributed by atoms with Gasteiger partial charge in [0.15, 0.2) is 0 Å². The first-order chi connectivity index (χ1) is 3.77. The molecule has 0 aromatic rings. The van der Waals surface area contributed by atoms with E-state index in [1.165, 1.54) is 0 Å². The second kappa shape index (κ2) is 5.09. The van der Waals surface area contributed by atoms with E-state index in [-0.39, 0.29) is 0 Å². The van der Waals surface area contributed by atoms with Crippen LogP contribution in [0.15, 0.2) is 12.2 Å². The normalized spacial score (nSPS) is 8.88. The quantitative estimate of drug-likeness (QED) is 0.449. The molecule has 0 nitrogen and oxygen atoms in total. The van der Waals surface area contributed by atoms with Gasteiger partial charge in [-0.2, -0.15) is 21.4 Å².